The summed E-state index contributed by atoms with van der Waals surface area (Å²) in [4.78, 5) is 15.2. The molecule has 57 heavy (non-hydrogen) atoms. The maximum atomic E-state index is 5.61. The van der Waals surface area contributed by atoms with Crippen LogP contribution in [-0.4, -0.2) is 15.0 Å². The quantitative estimate of drug-likeness (QED) is 0.196. The molecule has 276 valence electrons. The fourth-order valence-electron chi connectivity index (χ4n) is 8.32. The Balaban J connectivity index is 1.41. The first-order chi connectivity index (χ1) is 27.5. The van der Waals surface area contributed by atoms with E-state index in [1.54, 1.807) is 0 Å². The molecule has 9 aromatic rings. The summed E-state index contributed by atoms with van der Waals surface area (Å²) in [6, 6.07) is 57.5. The highest BCUT2D eigenvalue weighted by molar-refractivity contribution is 6.16. The van der Waals surface area contributed by atoms with Crippen LogP contribution in [0.15, 0.2) is 158 Å². The summed E-state index contributed by atoms with van der Waals surface area (Å²) in [6.45, 7) is 13.8. The van der Waals surface area contributed by atoms with Gasteiger partial charge in [-0.15, -0.1) is 0 Å². The van der Waals surface area contributed by atoms with E-state index < -0.39 is 0 Å². The van der Waals surface area contributed by atoms with Crippen LogP contribution in [0.4, 0.5) is 0 Å². The number of aromatic amines is 1. The normalized spacial score (nSPS) is 12.4. The number of benzene rings is 6. The van der Waals surface area contributed by atoms with Crippen LogP contribution < -0.4 is 0 Å². The van der Waals surface area contributed by atoms with Crippen LogP contribution in [0.2, 0.25) is 0 Å². The number of hydrogen-bond acceptors (Lipinski definition) is 2. The van der Waals surface area contributed by atoms with E-state index in [-0.39, 0.29) is 10.8 Å². The fourth-order valence-corrected chi connectivity index (χ4v) is 8.32. The summed E-state index contributed by atoms with van der Waals surface area (Å²) in [5.41, 5.74) is 19.4. The second kappa shape index (κ2) is 13.0. The van der Waals surface area contributed by atoms with Crippen molar-refractivity contribution in [3.8, 4) is 78.4 Å². The lowest BCUT2D eigenvalue weighted by atomic mass is 9.83. The van der Waals surface area contributed by atoms with Gasteiger partial charge in [-0.3, -0.25) is 0 Å². The lowest BCUT2D eigenvalue weighted by molar-refractivity contribution is 0.590. The predicted molar refractivity (Wildman–Crippen MR) is 240 cm³/mol. The molecule has 6 aromatic carbocycles. The molecule has 4 heterocycles. The average molecular weight is 736 g/mol. The minimum Gasteiger partial charge on any atom is -0.353 e. The zero-order chi connectivity index (χ0) is 39.1. The van der Waals surface area contributed by atoms with Gasteiger partial charge in [0.25, 0.3) is 0 Å². The molecule has 0 aliphatic carbocycles. The summed E-state index contributed by atoms with van der Waals surface area (Å²) >= 11 is 0. The highest BCUT2D eigenvalue weighted by Gasteiger charge is 2.25. The molecule has 1 aliphatic heterocycles. The molecule has 3 nitrogen and oxygen atoms in total. The zero-order valence-electron chi connectivity index (χ0n) is 33.4. The number of pyridine rings is 2. The molecule has 3 aromatic heterocycles. The Morgan fingerprint density at radius 2 is 0.667 bits per heavy atom. The van der Waals surface area contributed by atoms with Gasteiger partial charge in [-0.05, 0) is 122 Å². The minimum atomic E-state index is -0.0980. The Morgan fingerprint density at radius 3 is 1.04 bits per heavy atom. The number of H-pyrrole nitrogens is 1. The highest BCUT2D eigenvalue weighted by Crippen LogP contribution is 2.45. The number of nitrogens with one attached hydrogen (secondary N) is 1. The third-order valence-electron chi connectivity index (χ3n) is 11.6. The molecular weight excluding hydrogens is 691 g/mol. The highest BCUT2D eigenvalue weighted by atomic mass is 14.8. The van der Waals surface area contributed by atoms with E-state index in [1.165, 1.54) is 21.9 Å². The number of rotatable bonds is 3. The molecule has 3 heteroatoms. The standard InChI is InChI=1S/C54H45N3/c1-53(2,3)41-29-43-44-30-42(54(4,5)6)32-46-50-28-38(35-20-14-9-15-21-35)26-48(56-50)40-23-36(33-16-10-7-11-17-33)22-39(24-40)47-25-37(34-18-12-8-13-19-34)27-49(55-47)45(31-41)51(43)57-52(44)46/h7-32,57H,1-6H3. The Kier molecular flexibility index (Phi) is 7.95. The van der Waals surface area contributed by atoms with E-state index in [0.29, 0.717) is 0 Å². The van der Waals surface area contributed by atoms with E-state index >= 15 is 0 Å². The van der Waals surface area contributed by atoms with Crippen LogP contribution in [0.3, 0.4) is 0 Å². The van der Waals surface area contributed by atoms with Crippen molar-refractivity contribution < 1.29 is 0 Å². The molecule has 0 saturated heterocycles. The lowest BCUT2D eigenvalue weighted by Crippen LogP contribution is -2.11. The van der Waals surface area contributed by atoms with E-state index in [2.05, 4.69) is 204 Å². The molecule has 0 amide bonds. The maximum absolute atomic E-state index is 5.61. The fraction of sp³-hybridized carbons (Fsp3) is 0.148. The van der Waals surface area contributed by atoms with Gasteiger partial charge in [-0.2, -0.15) is 0 Å². The summed E-state index contributed by atoms with van der Waals surface area (Å²) in [6.07, 6.45) is 0. The van der Waals surface area contributed by atoms with Crippen molar-refractivity contribution in [2.24, 2.45) is 0 Å². The molecule has 0 atom stereocenters. The third-order valence-corrected chi connectivity index (χ3v) is 11.6. The summed E-state index contributed by atoms with van der Waals surface area (Å²) < 4.78 is 0. The van der Waals surface area contributed by atoms with Gasteiger partial charge in [0.2, 0.25) is 0 Å². The maximum Gasteiger partial charge on any atom is 0.0736 e. The van der Waals surface area contributed by atoms with Crippen LogP contribution in [-0.2, 0) is 10.8 Å². The van der Waals surface area contributed by atoms with E-state index in [0.717, 1.165) is 89.4 Å². The Labute approximate surface area is 335 Å². The monoisotopic (exact) mass is 735 g/mol. The number of fused-ring (bicyclic) bond motifs is 11. The van der Waals surface area contributed by atoms with Crippen LogP contribution >= 0.6 is 0 Å². The Morgan fingerprint density at radius 1 is 0.333 bits per heavy atom. The molecule has 0 unspecified atom stereocenters. The second-order valence-electron chi connectivity index (χ2n) is 17.7. The first-order valence-electron chi connectivity index (χ1n) is 20.0. The smallest absolute Gasteiger partial charge is 0.0736 e. The van der Waals surface area contributed by atoms with Crippen molar-refractivity contribution in [1.29, 1.82) is 0 Å². The molecule has 1 aliphatic rings. The average Bonchev–Trinajstić information content (AvgIpc) is 3.61. The second-order valence-corrected chi connectivity index (χ2v) is 17.7. The van der Waals surface area contributed by atoms with Crippen molar-refractivity contribution in [2.45, 2.75) is 52.4 Å². The molecular formula is C54H45N3. The molecule has 8 bridgehead atoms. The van der Waals surface area contributed by atoms with Crippen molar-refractivity contribution in [3.63, 3.8) is 0 Å². The summed E-state index contributed by atoms with van der Waals surface area (Å²) in [5, 5.41) is 2.41. The topological polar surface area (TPSA) is 41.6 Å². The van der Waals surface area contributed by atoms with Crippen molar-refractivity contribution in [1.82, 2.24) is 15.0 Å². The first kappa shape index (κ1) is 34.9. The molecule has 0 radical (unpaired) electrons. The number of hydrogen-bond donors (Lipinski definition) is 1. The van der Waals surface area contributed by atoms with E-state index in [4.69, 9.17) is 9.97 Å². The zero-order valence-corrected chi connectivity index (χ0v) is 33.4. The van der Waals surface area contributed by atoms with Gasteiger partial charge in [-0.25, -0.2) is 9.97 Å². The van der Waals surface area contributed by atoms with Crippen LogP contribution in [0.25, 0.3) is 100 Å². The predicted octanol–water partition coefficient (Wildman–Crippen LogP) is 14.7. The third kappa shape index (κ3) is 6.24. The number of nitrogens with zero attached hydrogens (tertiary/aromatic N) is 2. The van der Waals surface area contributed by atoms with E-state index in [9.17, 15) is 0 Å². The molecule has 0 fully saturated rings. The van der Waals surface area contributed by atoms with Crippen molar-refractivity contribution in [2.75, 3.05) is 0 Å². The Hall–Kier alpha value is -6.58. The molecule has 10 rings (SSSR count). The molecule has 0 spiro atoms. The van der Waals surface area contributed by atoms with Crippen LogP contribution in [0.1, 0.15) is 52.7 Å². The van der Waals surface area contributed by atoms with E-state index in [1.807, 2.05) is 0 Å². The number of aromatic nitrogens is 3. The van der Waals surface area contributed by atoms with Crippen molar-refractivity contribution >= 4 is 21.8 Å². The van der Waals surface area contributed by atoms with Crippen molar-refractivity contribution in [3.05, 3.63) is 169 Å². The van der Waals surface area contributed by atoms with Gasteiger partial charge in [0, 0.05) is 33.0 Å². The lowest BCUT2D eigenvalue weighted by Gasteiger charge is -2.22. The van der Waals surface area contributed by atoms with Gasteiger partial charge >= 0.3 is 0 Å². The Bertz CT molecular complexity index is 2810. The minimum absolute atomic E-state index is 0.0980. The molecule has 1 N–H and O–H groups in total. The van der Waals surface area contributed by atoms with Gasteiger partial charge < -0.3 is 4.98 Å². The largest absolute Gasteiger partial charge is 0.353 e. The summed E-state index contributed by atoms with van der Waals surface area (Å²) in [5.74, 6) is 0. The summed E-state index contributed by atoms with van der Waals surface area (Å²) in [7, 11) is 0. The molecule has 0 saturated carbocycles. The SMILES string of the molecule is CC(C)(C)c1cc2c3[nH]c4c(cc(C(C)(C)C)cc4c3c1)-c1cc(-c3ccccc3)cc(n1)-c1cc(-c3ccccc3)cc(c1)-c1cc(-c3ccccc3)cc-2n1. The first-order valence-corrected chi connectivity index (χ1v) is 20.0. The van der Waals surface area contributed by atoms with Crippen LogP contribution in [0.5, 0.6) is 0 Å². The van der Waals surface area contributed by atoms with Gasteiger partial charge in [-0.1, -0.05) is 133 Å². The van der Waals surface area contributed by atoms with Gasteiger partial charge in [0.05, 0.1) is 33.8 Å². The van der Waals surface area contributed by atoms with Crippen LogP contribution in [0, 0.1) is 0 Å². The van der Waals surface area contributed by atoms with Gasteiger partial charge in [0.15, 0.2) is 0 Å². The van der Waals surface area contributed by atoms with Gasteiger partial charge in [0.1, 0.15) is 0 Å².